The van der Waals surface area contributed by atoms with Gasteiger partial charge in [0.25, 0.3) is 0 Å². The zero-order valence-electron chi connectivity index (χ0n) is 15.0. The molecule has 0 spiro atoms. The van der Waals surface area contributed by atoms with Gasteiger partial charge < -0.3 is 0 Å². The Bertz CT molecular complexity index is 1020. The summed E-state index contributed by atoms with van der Waals surface area (Å²) in [5.74, 6) is -0.0337. The molecule has 0 N–H and O–H groups in total. The van der Waals surface area contributed by atoms with E-state index in [0.717, 1.165) is 27.8 Å². The highest BCUT2D eigenvalue weighted by Gasteiger charge is 2.18. The summed E-state index contributed by atoms with van der Waals surface area (Å²) in [4.78, 5) is 0.356. The molecule has 3 aromatic rings. The quantitative estimate of drug-likeness (QED) is 0.576. The molecule has 132 valence electrons. The third-order valence-corrected chi connectivity index (χ3v) is 5.93. The highest BCUT2D eigenvalue weighted by molar-refractivity contribution is 7.91. The van der Waals surface area contributed by atoms with Crippen LogP contribution in [0.5, 0.6) is 0 Å². The van der Waals surface area contributed by atoms with Gasteiger partial charge in [0.2, 0.25) is 0 Å². The number of aryl methyl sites for hydroxylation is 2. The number of sulfone groups is 1. The summed E-state index contributed by atoms with van der Waals surface area (Å²) in [6, 6.07) is 24.8. The van der Waals surface area contributed by atoms with Crippen LogP contribution in [-0.2, 0) is 9.84 Å². The molecule has 2 nitrogen and oxygen atoms in total. The smallest absolute Gasteiger partial charge is 0.182 e. The third-order valence-electron chi connectivity index (χ3n) is 4.25. The predicted octanol–water partition coefficient (Wildman–Crippen LogP) is 5.32. The molecule has 0 amide bonds. The molecule has 0 saturated carbocycles. The van der Waals surface area contributed by atoms with Gasteiger partial charge in [-0.3, -0.25) is 0 Å². The lowest BCUT2D eigenvalue weighted by molar-refractivity contribution is 0.599. The maximum atomic E-state index is 12.9. The Hall–Kier alpha value is -2.65. The largest absolute Gasteiger partial charge is 0.223 e. The molecule has 0 unspecified atom stereocenters. The van der Waals surface area contributed by atoms with Crippen molar-refractivity contribution in [1.82, 2.24) is 0 Å². The highest BCUT2D eigenvalue weighted by Crippen LogP contribution is 2.24. The van der Waals surface area contributed by atoms with Crippen LogP contribution in [0.25, 0.3) is 11.6 Å². The summed E-state index contributed by atoms with van der Waals surface area (Å²) in [6.45, 7) is 3.98. The topological polar surface area (TPSA) is 34.1 Å². The Morgan fingerprint density at radius 2 is 1.50 bits per heavy atom. The van der Waals surface area contributed by atoms with E-state index in [9.17, 15) is 8.42 Å². The van der Waals surface area contributed by atoms with E-state index < -0.39 is 9.84 Å². The molecule has 0 aliphatic carbocycles. The minimum absolute atomic E-state index is 0.0337. The molecule has 26 heavy (non-hydrogen) atoms. The van der Waals surface area contributed by atoms with Crippen LogP contribution in [0.3, 0.4) is 0 Å². The second-order valence-electron chi connectivity index (χ2n) is 6.52. The summed E-state index contributed by atoms with van der Waals surface area (Å²) in [7, 11) is -3.42. The van der Waals surface area contributed by atoms with E-state index in [1.54, 1.807) is 12.1 Å². The second kappa shape index (κ2) is 7.71. The molecule has 0 heterocycles. The van der Waals surface area contributed by atoms with Crippen LogP contribution in [-0.4, -0.2) is 14.2 Å². The van der Waals surface area contributed by atoms with Gasteiger partial charge in [0.15, 0.2) is 9.84 Å². The molecule has 3 heteroatoms. The van der Waals surface area contributed by atoms with Crippen molar-refractivity contribution in [1.29, 1.82) is 0 Å². The molecule has 0 aliphatic heterocycles. The van der Waals surface area contributed by atoms with Gasteiger partial charge in [-0.1, -0.05) is 83.9 Å². The van der Waals surface area contributed by atoms with Crippen molar-refractivity contribution in [3.05, 3.63) is 101 Å². The van der Waals surface area contributed by atoms with E-state index in [1.807, 2.05) is 80.6 Å². The molecule has 0 aromatic heterocycles. The normalized spacial score (nSPS) is 12.2. The lowest BCUT2D eigenvalue weighted by atomic mass is 10.0. The standard InChI is InChI=1S/C23H22O2S/c1-18-11-13-23(14-12-18)26(24,25)17-22(21-9-4-3-5-10-21)16-20-8-6-7-19(2)15-20/h3-16H,17H2,1-2H3/b22-16+. The number of rotatable bonds is 5. The van der Waals surface area contributed by atoms with Gasteiger partial charge in [-0.05, 0) is 42.7 Å². The van der Waals surface area contributed by atoms with Gasteiger partial charge in [0, 0.05) is 0 Å². The van der Waals surface area contributed by atoms with E-state index >= 15 is 0 Å². The molecule has 0 fully saturated rings. The van der Waals surface area contributed by atoms with Crippen LogP contribution in [0.15, 0.2) is 83.8 Å². The van der Waals surface area contributed by atoms with Gasteiger partial charge in [0.1, 0.15) is 0 Å². The van der Waals surface area contributed by atoms with Crippen LogP contribution in [0.2, 0.25) is 0 Å². The van der Waals surface area contributed by atoms with Crippen molar-refractivity contribution in [2.75, 3.05) is 5.75 Å². The number of hydrogen-bond donors (Lipinski definition) is 0. The minimum Gasteiger partial charge on any atom is -0.223 e. The Kier molecular flexibility index (Phi) is 5.38. The molecular weight excluding hydrogens is 340 g/mol. The molecule has 3 aromatic carbocycles. The monoisotopic (exact) mass is 362 g/mol. The van der Waals surface area contributed by atoms with Gasteiger partial charge in [-0.2, -0.15) is 0 Å². The zero-order chi connectivity index (χ0) is 18.6. The van der Waals surface area contributed by atoms with Crippen LogP contribution in [0.4, 0.5) is 0 Å². The maximum absolute atomic E-state index is 12.9. The van der Waals surface area contributed by atoms with Crippen molar-refractivity contribution in [3.63, 3.8) is 0 Å². The molecule has 0 bridgehead atoms. The molecule has 0 saturated heterocycles. The zero-order valence-corrected chi connectivity index (χ0v) is 15.8. The number of hydrogen-bond acceptors (Lipinski definition) is 2. The first-order chi connectivity index (χ1) is 12.4. The second-order valence-corrected chi connectivity index (χ2v) is 8.51. The van der Waals surface area contributed by atoms with Crippen LogP contribution in [0, 0.1) is 13.8 Å². The summed E-state index contributed by atoms with van der Waals surface area (Å²) in [5, 5.41) is 0. The maximum Gasteiger partial charge on any atom is 0.182 e. The van der Waals surface area contributed by atoms with Crippen LogP contribution >= 0.6 is 0 Å². The summed E-state index contributed by atoms with van der Waals surface area (Å²) in [6.07, 6.45) is 1.97. The Morgan fingerprint density at radius 1 is 0.808 bits per heavy atom. The fourth-order valence-corrected chi connectivity index (χ4v) is 4.23. The van der Waals surface area contributed by atoms with Gasteiger partial charge in [0.05, 0.1) is 10.6 Å². The summed E-state index contributed by atoms with van der Waals surface area (Å²) < 4.78 is 25.9. The van der Waals surface area contributed by atoms with Crippen molar-refractivity contribution in [2.24, 2.45) is 0 Å². The fourth-order valence-electron chi connectivity index (χ4n) is 2.86. The van der Waals surface area contributed by atoms with Gasteiger partial charge in [-0.25, -0.2) is 8.42 Å². The number of benzene rings is 3. The van der Waals surface area contributed by atoms with Crippen molar-refractivity contribution in [2.45, 2.75) is 18.7 Å². The first-order valence-corrected chi connectivity index (χ1v) is 10.2. The average molecular weight is 362 g/mol. The van der Waals surface area contributed by atoms with Crippen LogP contribution in [0.1, 0.15) is 22.3 Å². The third kappa shape index (κ3) is 4.50. The molecule has 0 radical (unpaired) electrons. The Balaban J connectivity index is 2.03. The van der Waals surface area contributed by atoms with E-state index in [4.69, 9.17) is 0 Å². The average Bonchev–Trinajstić information content (AvgIpc) is 2.62. The van der Waals surface area contributed by atoms with E-state index in [2.05, 4.69) is 6.07 Å². The molecule has 3 rings (SSSR count). The fraction of sp³-hybridized carbons (Fsp3) is 0.130. The van der Waals surface area contributed by atoms with E-state index in [1.165, 1.54) is 0 Å². The predicted molar refractivity (Wildman–Crippen MR) is 109 cm³/mol. The Labute approximate surface area is 155 Å². The lowest BCUT2D eigenvalue weighted by Crippen LogP contribution is -2.09. The van der Waals surface area contributed by atoms with Gasteiger partial charge >= 0.3 is 0 Å². The van der Waals surface area contributed by atoms with Crippen molar-refractivity contribution >= 4 is 21.5 Å². The van der Waals surface area contributed by atoms with E-state index in [0.29, 0.717) is 4.90 Å². The molecule has 0 atom stereocenters. The van der Waals surface area contributed by atoms with Crippen molar-refractivity contribution in [3.8, 4) is 0 Å². The summed E-state index contributed by atoms with van der Waals surface area (Å²) in [5.41, 5.74) is 4.90. The summed E-state index contributed by atoms with van der Waals surface area (Å²) >= 11 is 0. The van der Waals surface area contributed by atoms with E-state index in [-0.39, 0.29) is 5.75 Å². The van der Waals surface area contributed by atoms with Crippen molar-refractivity contribution < 1.29 is 8.42 Å². The Morgan fingerprint density at radius 3 is 2.15 bits per heavy atom. The first-order valence-electron chi connectivity index (χ1n) is 8.56. The van der Waals surface area contributed by atoms with Crippen LogP contribution < -0.4 is 0 Å². The SMILES string of the molecule is Cc1ccc(S(=O)(=O)C/C(=C\c2cccc(C)c2)c2ccccc2)cc1. The molecule has 0 aliphatic rings. The highest BCUT2D eigenvalue weighted by atomic mass is 32.2. The minimum atomic E-state index is -3.42. The van der Waals surface area contributed by atoms with Gasteiger partial charge in [-0.15, -0.1) is 0 Å². The molecular formula is C23H22O2S. The first kappa shape index (κ1) is 18.2. The lowest BCUT2D eigenvalue weighted by Gasteiger charge is -2.10.